The van der Waals surface area contributed by atoms with Crippen molar-refractivity contribution in [3.63, 3.8) is 0 Å². The molecule has 0 aliphatic carbocycles. The van der Waals surface area contributed by atoms with Crippen molar-refractivity contribution in [2.24, 2.45) is 0 Å². The molecule has 1 heterocycles. The molecule has 0 saturated carbocycles. The topological polar surface area (TPSA) is 106 Å². The van der Waals surface area contributed by atoms with E-state index in [1.54, 1.807) is 25.1 Å². The van der Waals surface area contributed by atoms with E-state index in [9.17, 15) is 14.4 Å². The lowest BCUT2D eigenvalue weighted by atomic mass is 10.2. The maximum atomic E-state index is 11.9. The van der Waals surface area contributed by atoms with Gasteiger partial charge in [0.25, 0.3) is 5.91 Å². The molecule has 22 heavy (non-hydrogen) atoms. The number of carbonyl (C=O) groups is 3. The molecule has 0 spiro atoms. The first-order chi connectivity index (χ1) is 10.6. The van der Waals surface area contributed by atoms with Crippen molar-refractivity contribution in [2.75, 3.05) is 26.4 Å². The summed E-state index contributed by atoms with van der Waals surface area (Å²) in [5.74, 6) is -0.0608. The van der Waals surface area contributed by atoms with E-state index in [1.165, 1.54) is 0 Å². The zero-order valence-corrected chi connectivity index (χ0v) is 12.1. The van der Waals surface area contributed by atoms with E-state index in [2.05, 4.69) is 16.0 Å². The van der Waals surface area contributed by atoms with Crippen molar-refractivity contribution in [1.82, 2.24) is 16.0 Å². The van der Waals surface area contributed by atoms with Crippen LogP contribution in [0.5, 0.6) is 11.5 Å². The number of nitrogens with one attached hydrogen (secondary N) is 3. The Morgan fingerprint density at radius 2 is 1.68 bits per heavy atom. The first kappa shape index (κ1) is 15.6. The van der Waals surface area contributed by atoms with E-state index >= 15 is 0 Å². The molecule has 8 nitrogen and oxygen atoms in total. The summed E-state index contributed by atoms with van der Waals surface area (Å²) in [5.41, 5.74) is 0.362. The third-order valence-corrected chi connectivity index (χ3v) is 2.86. The van der Waals surface area contributed by atoms with E-state index in [0.717, 1.165) is 0 Å². The quantitative estimate of drug-likeness (QED) is 0.650. The van der Waals surface area contributed by atoms with Crippen LogP contribution in [0.25, 0.3) is 0 Å². The van der Waals surface area contributed by atoms with Crippen LogP contribution in [-0.4, -0.2) is 44.1 Å². The predicted octanol–water partition coefficient (Wildman–Crippen LogP) is -0.603. The van der Waals surface area contributed by atoms with Crippen LogP contribution in [0.3, 0.4) is 0 Å². The molecule has 0 atom stereocenters. The van der Waals surface area contributed by atoms with Crippen LogP contribution in [0.2, 0.25) is 0 Å². The first-order valence-electron chi connectivity index (χ1n) is 6.81. The first-order valence-corrected chi connectivity index (χ1v) is 6.81. The van der Waals surface area contributed by atoms with E-state index in [0.29, 0.717) is 23.6 Å². The van der Waals surface area contributed by atoms with Crippen LogP contribution in [0.1, 0.15) is 17.3 Å². The van der Waals surface area contributed by atoms with E-state index < -0.39 is 11.8 Å². The normalized spacial score (nSPS) is 11.7. The maximum absolute atomic E-state index is 11.9. The van der Waals surface area contributed by atoms with Crippen molar-refractivity contribution < 1.29 is 23.9 Å². The lowest BCUT2D eigenvalue weighted by molar-refractivity contribution is -0.125. The van der Waals surface area contributed by atoms with Gasteiger partial charge >= 0.3 is 0 Å². The molecule has 3 amide bonds. The highest BCUT2D eigenvalue weighted by Crippen LogP contribution is 2.32. The summed E-state index contributed by atoms with van der Waals surface area (Å²) in [7, 11) is 0. The van der Waals surface area contributed by atoms with Crippen molar-refractivity contribution in [2.45, 2.75) is 6.92 Å². The monoisotopic (exact) mass is 307 g/mol. The Labute approximate surface area is 127 Å². The van der Waals surface area contributed by atoms with Crippen molar-refractivity contribution in [3.05, 3.63) is 23.8 Å². The standard InChI is InChI=1S/C14H17N3O5/c1-2-15-12(18)6-16-13(19)7-17-14(20)9-3-4-10-11(5-9)22-8-21-10/h3-5H,2,6-8H2,1H3,(H,15,18)(H,16,19)(H,17,20). The Hall–Kier alpha value is -2.77. The van der Waals surface area contributed by atoms with Gasteiger partial charge in [-0.3, -0.25) is 14.4 Å². The number of fused-ring (bicyclic) bond motifs is 1. The largest absolute Gasteiger partial charge is 0.454 e. The summed E-state index contributed by atoms with van der Waals surface area (Å²) < 4.78 is 10.3. The summed E-state index contributed by atoms with van der Waals surface area (Å²) in [5, 5.41) is 7.42. The predicted molar refractivity (Wildman–Crippen MR) is 76.6 cm³/mol. The van der Waals surface area contributed by atoms with Gasteiger partial charge in [0.1, 0.15) is 0 Å². The molecular weight excluding hydrogens is 290 g/mol. The summed E-state index contributed by atoms with van der Waals surface area (Å²) >= 11 is 0. The summed E-state index contributed by atoms with van der Waals surface area (Å²) in [6, 6.07) is 4.76. The molecule has 0 saturated heterocycles. The van der Waals surface area contributed by atoms with Crippen LogP contribution in [-0.2, 0) is 9.59 Å². The lowest BCUT2D eigenvalue weighted by Gasteiger charge is -2.07. The highest BCUT2D eigenvalue weighted by atomic mass is 16.7. The molecule has 0 fully saturated rings. The van der Waals surface area contributed by atoms with Crippen molar-refractivity contribution in [3.8, 4) is 11.5 Å². The smallest absolute Gasteiger partial charge is 0.251 e. The van der Waals surface area contributed by atoms with Crippen LogP contribution in [0.4, 0.5) is 0 Å². The molecule has 3 N–H and O–H groups in total. The van der Waals surface area contributed by atoms with Crippen molar-refractivity contribution >= 4 is 17.7 Å². The maximum Gasteiger partial charge on any atom is 0.251 e. The van der Waals surface area contributed by atoms with Gasteiger partial charge < -0.3 is 25.4 Å². The number of ether oxygens (including phenoxy) is 2. The Kier molecular flexibility index (Phi) is 5.18. The van der Waals surface area contributed by atoms with Crippen LogP contribution < -0.4 is 25.4 Å². The minimum Gasteiger partial charge on any atom is -0.454 e. The summed E-state index contributed by atoms with van der Waals surface area (Å²) in [4.78, 5) is 34.6. The van der Waals surface area contributed by atoms with Gasteiger partial charge in [-0.1, -0.05) is 0 Å². The molecule has 0 radical (unpaired) electrons. The molecular formula is C14H17N3O5. The van der Waals surface area contributed by atoms with E-state index in [4.69, 9.17) is 9.47 Å². The number of benzene rings is 1. The molecule has 118 valence electrons. The Morgan fingerprint density at radius 3 is 2.45 bits per heavy atom. The minimum absolute atomic E-state index is 0.118. The average molecular weight is 307 g/mol. The molecule has 8 heteroatoms. The van der Waals surface area contributed by atoms with E-state index in [-0.39, 0.29) is 25.8 Å². The zero-order valence-electron chi connectivity index (χ0n) is 12.1. The second-order valence-electron chi connectivity index (χ2n) is 4.48. The Balaban J connectivity index is 1.77. The van der Waals surface area contributed by atoms with Crippen LogP contribution in [0, 0.1) is 0 Å². The molecule has 1 aliphatic rings. The average Bonchev–Trinajstić information content (AvgIpc) is 2.98. The summed E-state index contributed by atoms with van der Waals surface area (Å²) in [6.07, 6.45) is 0. The second-order valence-corrected chi connectivity index (χ2v) is 4.48. The fourth-order valence-corrected chi connectivity index (χ4v) is 1.80. The zero-order chi connectivity index (χ0) is 15.9. The number of likely N-dealkylation sites (N-methyl/N-ethyl adjacent to an activating group) is 1. The van der Waals surface area contributed by atoms with Crippen LogP contribution >= 0.6 is 0 Å². The van der Waals surface area contributed by atoms with Gasteiger partial charge in [-0.15, -0.1) is 0 Å². The molecule has 1 aliphatic heterocycles. The molecule has 0 unspecified atom stereocenters. The van der Waals surface area contributed by atoms with Gasteiger partial charge in [0.15, 0.2) is 11.5 Å². The van der Waals surface area contributed by atoms with Gasteiger partial charge in [-0.2, -0.15) is 0 Å². The van der Waals surface area contributed by atoms with Gasteiger partial charge in [0, 0.05) is 12.1 Å². The molecule has 1 aromatic carbocycles. The fourth-order valence-electron chi connectivity index (χ4n) is 1.80. The number of amides is 3. The van der Waals surface area contributed by atoms with Gasteiger partial charge in [0.2, 0.25) is 18.6 Å². The minimum atomic E-state index is -0.444. The summed E-state index contributed by atoms with van der Waals surface area (Å²) in [6.45, 7) is 2.07. The number of hydrogen-bond acceptors (Lipinski definition) is 5. The fraction of sp³-hybridized carbons (Fsp3) is 0.357. The number of carbonyl (C=O) groups excluding carboxylic acids is 3. The molecule has 0 bridgehead atoms. The van der Waals surface area contributed by atoms with Crippen molar-refractivity contribution in [1.29, 1.82) is 0 Å². The Morgan fingerprint density at radius 1 is 1.00 bits per heavy atom. The number of hydrogen-bond donors (Lipinski definition) is 3. The van der Waals surface area contributed by atoms with Crippen LogP contribution in [0.15, 0.2) is 18.2 Å². The van der Waals surface area contributed by atoms with E-state index in [1.807, 2.05) is 0 Å². The molecule has 2 rings (SSSR count). The molecule has 1 aromatic rings. The third-order valence-electron chi connectivity index (χ3n) is 2.86. The highest BCUT2D eigenvalue weighted by Gasteiger charge is 2.16. The van der Waals surface area contributed by atoms with Gasteiger partial charge in [-0.05, 0) is 25.1 Å². The Bertz CT molecular complexity index is 588. The SMILES string of the molecule is CCNC(=O)CNC(=O)CNC(=O)c1ccc2c(c1)OCO2. The lowest BCUT2D eigenvalue weighted by Crippen LogP contribution is -2.41. The second kappa shape index (κ2) is 7.30. The third kappa shape index (κ3) is 4.11. The molecule has 0 aromatic heterocycles. The number of rotatable bonds is 6. The highest BCUT2D eigenvalue weighted by molar-refractivity contribution is 5.97. The van der Waals surface area contributed by atoms with Gasteiger partial charge in [-0.25, -0.2) is 0 Å². The van der Waals surface area contributed by atoms with Gasteiger partial charge in [0.05, 0.1) is 13.1 Å².